The molecule has 2 aromatic rings. The van der Waals surface area contributed by atoms with Gasteiger partial charge in [0.05, 0.1) is 12.2 Å². The number of hydrogen-bond donors (Lipinski definition) is 1. The van der Waals surface area contributed by atoms with Crippen LogP contribution in [0.2, 0.25) is 0 Å². The summed E-state index contributed by atoms with van der Waals surface area (Å²) in [5.74, 6) is 0.907. The molecule has 0 aliphatic rings. The first-order valence-electron chi connectivity index (χ1n) is 5.64. The molecule has 4 heteroatoms. The van der Waals surface area contributed by atoms with Crippen LogP contribution in [0.1, 0.15) is 21.5 Å². The molecule has 19 heavy (non-hydrogen) atoms. The molecule has 0 saturated heterocycles. The quantitative estimate of drug-likeness (QED) is 0.850. The highest BCUT2D eigenvalue weighted by Gasteiger charge is 2.06. The Labute approximate surface area is 110 Å². The summed E-state index contributed by atoms with van der Waals surface area (Å²) >= 11 is 0. The first-order valence-corrected chi connectivity index (χ1v) is 5.64. The second-order valence-corrected chi connectivity index (χ2v) is 3.89. The van der Waals surface area contributed by atoms with E-state index in [9.17, 15) is 4.79 Å². The Balaban J connectivity index is 2.32. The maximum atomic E-state index is 10.6. The van der Waals surface area contributed by atoms with Gasteiger partial charge >= 0.3 is 0 Å². The molecule has 0 atom stereocenters. The summed E-state index contributed by atoms with van der Waals surface area (Å²) in [6.45, 7) is -0.0770. The molecular formula is C15H11NO3. The molecule has 0 aliphatic carbocycles. The predicted octanol–water partition coefficient (Wildman–Crippen LogP) is 2.66. The number of carbonyl (C=O) groups excluding carboxylic acids is 1. The van der Waals surface area contributed by atoms with Gasteiger partial charge in [0.2, 0.25) is 0 Å². The first-order chi connectivity index (χ1) is 9.26. The van der Waals surface area contributed by atoms with Crippen LogP contribution in [0.3, 0.4) is 0 Å². The lowest BCUT2D eigenvalue weighted by atomic mass is 10.1. The smallest absolute Gasteiger partial charge is 0.150 e. The molecule has 0 heterocycles. The van der Waals surface area contributed by atoms with E-state index in [1.54, 1.807) is 36.4 Å². The maximum absolute atomic E-state index is 10.6. The van der Waals surface area contributed by atoms with Gasteiger partial charge in [0.15, 0.2) is 0 Å². The number of benzene rings is 2. The maximum Gasteiger partial charge on any atom is 0.150 e. The first kappa shape index (κ1) is 12.8. The summed E-state index contributed by atoms with van der Waals surface area (Å²) in [6, 6.07) is 13.6. The van der Waals surface area contributed by atoms with E-state index >= 15 is 0 Å². The summed E-state index contributed by atoms with van der Waals surface area (Å²) in [7, 11) is 0. The Morgan fingerprint density at radius 3 is 2.79 bits per heavy atom. The second-order valence-electron chi connectivity index (χ2n) is 3.89. The zero-order chi connectivity index (χ0) is 13.7. The molecule has 0 aromatic heterocycles. The van der Waals surface area contributed by atoms with Crippen molar-refractivity contribution in [2.75, 3.05) is 0 Å². The van der Waals surface area contributed by atoms with Gasteiger partial charge in [0.1, 0.15) is 23.9 Å². The number of carbonyl (C=O) groups is 1. The van der Waals surface area contributed by atoms with Crippen molar-refractivity contribution in [3.05, 3.63) is 59.2 Å². The number of aliphatic hydroxyl groups excluding tert-OH is 1. The minimum absolute atomic E-state index is 0.0770. The molecule has 2 aromatic carbocycles. The molecule has 0 unspecified atom stereocenters. The Morgan fingerprint density at radius 2 is 2.11 bits per heavy atom. The number of hydrogen-bond acceptors (Lipinski definition) is 4. The molecule has 0 aliphatic heterocycles. The molecule has 0 bridgehead atoms. The van der Waals surface area contributed by atoms with Gasteiger partial charge in [-0.25, -0.2) is 0 Å². The van der Waals surface area contributed by atoms with Crippen LogP contribution in [0.4, 0.5) is 0 Å². The molecular weight excluding hydrogens is 242 g/mol. The standard InChI is InChI=1S/C15H11NO3/c16-8-13-6-12(10-18)4-5-15(13)19-14-3-1-2-11(7-14)9-17/h1-7,10,17H,9H2. The van der Waals surface area contributed by atoms with Gasteiger partial charge < -0.3 is 9.84 Å². The monoisotopic (exact) mass is 253 g/mol. The van der Waals surface area contributed by atoms with E-state index < -0.39 is 0 Å². The number of nitriles is 1. The fourth-order valence-corrected chi connectivity index (χ4v) is 1.63. The van der Waals surface area contributed by atoms with E-state index in [1.807, 2.05) is 6.07 Å². The van der Waals surface area contributed by atoms with Crippen molar-refractivity contribution in [1.82, 2.24) is 0 Å². The zero-order valence-electron chi connectivity index (χ0n) is 10.0. The van der Waals surface area contributed by atoms with Crippen molar-refractivity contribution in [2.45, 2.75) is 6.61 Å². The van der Waals surface area contributed by atoms with Crippen molar-refractivity contribution in [3.63, 3.8) is 0 Å². The van der Waals surface area contributed by atoms with Gasteiger partial charge in [-0.05, 0) is 35.9 Å². The van der Waals surface area contributed by atoms with Crippen LogP contribution in [-0.2, 0) is 6.61 Å². The highest BCUT2D eigenvalue weighted by Crippen LogP contribution is 2.26. The number of ether oxygens (including phenoxy) is 1. The largest absolute Gasteiger partial charge is 0.456 e. The highest BCUT2D eigenvalue weighted by molar-refractivity contribution is 5.76. The van der Waals surface area contributed by atoms with Crippen LogP contribution >= 0.6 is 0 Å². The van der Waals surface area contributed by atoms with Crippen molar-refractivity contribution < 1.29 is 14.6 Å². The van der Waals surface area contributed by atoms with E-state index in [-0.39, 0.29) is 6.61 Å². The van der Waals surface area contributed by atoms with Crippen molar-refractivity contribution in [1.29, 1.82) is 5.26 Å². The molecule has 0 amide bonds. The van der Waals surface area contributed by atoms with Crippen molar-refractivity contribution >= 4 is 6.29 Å². The Morgan fingerprint density at radius 1 is 1.26 bits per heavy atom. The average Bonchev–Trinajstić information content (AvgIpc) is 2.48. The van der Waals surface area contributed by atoms with E-state index in [0.29, 0.717) is 28.9 Å². The summed E-state index contributed by atoms with van der Waals surface area (Å²) in [5, 5.41) is 18.1. The van der Waals surface area contributed by atoms with Gasteiger partial charge in [-0.2, -0.15) is 5.26 Å². The lowest BCUT2D eigenvalue weighted by molar-refractivity contribution is 0.112. The van der Waals surface area contributed by atoms with Crippen molar-refractivity contribution in [3.8, 4) is 17.6 Å². The fourth-order valence-electron chi connectivity index (χ4n) is 1.63. The summed E-state index contributed by atoms with van der Waals surface area (Å²) < 4.78 is 5.59. The van der Waals surface area contributed by atoms with Gasteiger partial charge in [-0.3, -0.25) is 4.79 Å². The number of nitrogens with zero attached hydrogens (tertiary/aromatic N) is 1. The fraction of sp³-hybridized carbons (Fsp3) is 0.0667. The SMILES string of the molecule is N#Cc1cc(C=O)ccc1Oc1cccc(CO)c1. The van der Waals surface area contributed by atoms with E-state index in [1.165, 1.54) is 6.07 Å². The molecule has 1 N–H and O–H groups in total. The second kappa shape index (κ2) is 5.80. The lowest BCUT2D eigenvalue weighted by Crippen LogP contribution is -1.91. The van der Waals surface area contributed by atoms with Crippen LogP contribution in [-0.4, -0.2) is 11.4 Å². The van der Waals surface area contributed by atoms with Crippen LogP contribution in [0.25, 0.3) is 0 Å². The van der Waals surface area contributed by atoms with Crippen molar-refractivity contribution in [2.24, 2.45) is 0 Å². The molecule has 0 spiro atoms. The molecule has 2 rings (SSSR count). The number of aliphatic hydroxyl groups is 1. The Bertz CT molecular complexity index is 644. The van der Waals surface area contributed by atoms with Gasteiger partial charge in [0.25, 0.3) is 0 Å². The third-order valence-corrected chi connectivity index (χ3v) is 2.57. The molecule has 4 nitrogen and oxygen atoms in total. The lowest BCUT2D eigenvalue weighted by Gasteiger charge is -2.08. The van der Waals surface area contributed by atoms with Crippen LogP contribution in [0.5, 0.6) is 11.5 Å². The highest BCUT2D eigenvalue weighted by atomic mass is 16.5. The van der Waals surface area contributed by atoms with Crippen LogP contribution in [0, 0.1) is 11.3 Å². The van der Waals surface area contributed by atoms with Gasteiger partial charge in [-0.1, -0.05) is 12.1 Å². The molecule has 94 valence electrons. The third-order valence-electron chi connectivity index (χ3n) is 2.57. The predicted molar refractivity (Wildman–Crippen MR) is 69.0 cm³/mol. The summed E-state index contributed by atoms with van der Waals surface area (Å²) in [6.07, 6.45) is 0.678. The summed E-state index contributed by atoms with van der Waals surface area (Å²) in [4.78, 5) is 10.6. The normalized spacial score (nSPS) is 9.68. The number of aldehydes is 1. The summed E-state index contributed by atoms with van der Waals surface area (Å²) in [5.41, 5.74) is 1.44. The average molecular weight is 253 g/mol. The van der Waals surface area contributed by atoms with Crippen LogP contribution in [0.15, 0.2) is 42.5 Å². The zero-order valence-corrected chi connectivity index (χ0v) is 10.0. The van der Waals surface area contributed by atoms with Gasteiger partial charge in [0, 0.05) is 5.56 Å². The number of rotatable bonds is 4. The third kappa shape index (κ3) is 2.97. The minimum Gasteiger partial charge on any atom is -0.456 e. The van der Waals surface area contributed by atoms with Gasteiger partial charge in [-0.15, -0.1) is 0 Å². The van der Waals surface area contributed by atoms with E-state index in [0.717, 1.165) is 5.56 Å². The molecule has 0 radical (unpaired) electrons. The Kier molecular flexibility index (Phi) is 3.91. The molecule has 0 fully saturated rings. The topological polar surface area (TPSA) is 70.3 Å². The van der Waals surface area contributed by atoms with E-state index in [2.05, 4.69) is 0 Å². The van der Waals surface area contributed by atoms with Crippen LogP contribution < -0.4 is 4.74 Å². The minimum atomic E-state index is -0.0770. The van der Waals surface area contributed by atoms with E-state index in [4.69, 9.17) is 15.1 Å². The Hall–Kier alpha value is -2.64. The molecule has 0 saturated carbocycles.